The standard InChI is InChI=1S/C14H25BrN4OS/c1-20-8-7-19-14(12(15)9-17-19)13(18-16)10-21-11-5-3-2-4-6-11/h9,11,13,18H,2-8,10,16H2,1H3. The molecule has 0 radical (unpaired) electrons. The maximum atomic E-state index is 5.79. The second kappa shape index (κ2) is 9.15. The summed E-state index contributed by atoms with van der Waals surface area (Å²) in [6.45, 7) is 1.39. The van der Waals surface area contributed by atoms with Crippen LogP contribution in [-0.4, -0.2) is 34.5 Å². The molecule has 0 amide bonds. The van der Waals surface area contributed by atoms with Crippen LogP contribution in [0.15, 0.2) is 10.7 Å². The molecule has 0 saturated heterocycles. The van der Waals surface area contributed by atoms with Gasteiger partial charge in [-0.15, -0.1) is 0 Å². The topological polar surface area (TPSA) is 65.1 Å². The number of aromatic nitrogens is 2. The third kappa shape index (κ3) is 4.96. The van der Waals surface area contributed by atoms with Crippen molar-refractivity contribution in [3.63, 3.8) is 0 Å². The number of nitrogens with one attached hydrogen (secondary N) is 1. The lowest BCUT2D eigenvalue weighted by Crippen LogP contribution is -2.32. The first-order chi connectivity index (χ1) is 10.3. The Balaban J connectivity index is 1.97. The van der Waals surface area contributed by atoms with E-state index in [1.807, 2.05) is 22.6 Å². The number of ether oxygens (including phenoxy) is 1. The van der Waals surface area contributed by atoms with Crippen LogP contribution in [0.4, 0.5) is 0 Å². The minimum absolute atomic E-state index is 0.102. The Morgan fingerprint density at radius 1 is 1.52 bits per heavy atom. The number of halogens is 1. The first-order valence-corrected chi connectivity index (χ1v) is 9.38. The van der Waals surface area contributed by atoms with Crippen molar-refractivity contribution < 1.29 is 4.74 Å². The molecular weight excluding hydrogens is 352 g/mol. The van der Waals surface area contributed by atoms with Gasteiger partial charge in [-0.05, 0) is 28.8 Å². The Labute approximate surface area is 139 Å². The average Bonchev–Trinajstić information content (AvgIpc) is 2.88. The molecule has 0 aromatic carbocycles. The minimum atomic E-state index is 0.102. The molecule has 1 saturated carbocycles. The summed E-state index contributed by atoms with van der Waals surface area (Å²) in [6.07, 6.45) is 8.64. The fraction of sp³-hybridized carbons (Fsp3) is 0.786. The van der Waals surface area contributed by atoms with Crippen LogP contribution < -0.4 is 11.3 Å². The number of nitrogens with zero attached hydrogens (tertiary/aromatic N) is 2. The van der Waals surface area contributed by atoms with Crippen molar-refractivity contribution in [3.05, 3.63) is 16.4 Å². The first kappa shape index (κ1) is 17.3. The van der Waals surface area contributed by atoms with Crippen LogP contribution in [-0.2, 0) is 11.3 Å². The van der Waals surface area contributed by atoms with Crippen molar-refractivity contribution in [3.8, 4) is 0 Å². The van der Waals surface area contributed by atoms with Crippen LogP contribution in [0.2, 0.25) is 0 Å². The van der Waals surface area contributed by atoms with Gasteiger partial charge in [0.25, 0.3) is 0 Å². The van der Waals surface area contributed by atoms with E-state index in [-0.39, 0.29) is 6.04 Å². The lowest BCUT2D eigenvalue weighted by atomic mass is 10.0. The van der Waals surface area contributed by atoms with E-state index in [1.165, 1.54) is 32.1 Å². The highest BCUT2D eigenvalue weighted by Crippen LogP contribution is 2.32. The van der Waals surface area contributed by atoms with E-state index in [0.29, 0.717) is 6.61 Å². The molecule has 1 aromatic rings. The van der Waals surface area contributed by atoms with E-state index in [0.717, 1.165) is 27.7 Å². The summed E-state index contributed by atoms with van der Waals surface area (Å²) in [7, 11) is 1.70. The molecule has 2 rings (SSSR count). The Morgan fingerprint density at radius 3 is 2.95 bits per heavy atom. The first-order valence-electron chi connectivity index (χ1n) is 7.54. The highest BCUT2D eigenvalue weighted by Gasteiger charge is 2.22. The van der Waals surface area contributed by atoms with Crippen molar-refractivity contribution in [1.82, 2.24) is 15.2 Å². The van der Waals surface area contributed by atoms with Crippen molar-refractivity contribution in [1.29, 1.82) is 0 Å². The molecular formula is C14H25BrN4OS. The molecule has 7 heteroatoms. The van der Waals surface area contributed by atoms with Gasteiger partial charge in [0.2, 0.25) is 0 Å². The highest BCUT2D eigenvalue weighted by molar-refractivity contribution is 9.10. The summed E-state index contributed by atoms with van der Waals surface area (Å²) in [5, 5.41) is 5.18. The highest BCUT2D eigenvalue weighted by atomic mass is 79.9. The van der Waals surface area contributed by atoms with Crippen LogP contribution in [0.3, 0.4) is 0 Å². The van der Waals surface area contributed by atoms with Crippen LogP contribution in [0.1, 0.15) is 43.8 Å². The molecule has 3 N–H and O–H groups in total. The van der Waals surface area contributed by atoms with Gasteiger partial charge in [0, 0.05) is 18.1 Å². The number of thioether (sulfide) groups is 1. The minimum Gasteiger partial charge on any atom is -0.383 e. The summed E-state index contributed by atoms with van der Waals surface area (Å²) in [6, 6.07) is 0.102. The van der Waals surface area contributed by atoms with Crippen molar-refractivity contribution in [2.75, 3.05) is 19.5 Å². The Bertz CT molecular complexity index is 423. The molecule has 0 aliphatic heterocycles. The van der Waals surface area contributed by atoms with E-state index >= 15 is 0 Å². The van der Waals surface area contributed by atoms with Crippen molar-refractivity contribution >= 4 is 27.7 Å². The van der Waals surface area contributed by atoms with Crippen molar-refractivity contribution in [2.24, 2.45) is 5.84 Å². The van der Waals surface area contributed by atoms with E-state index < -0.39 is 0 Å². The molecule has 1 heterocycles. The summed E-state index contributed by atoms with van der Waals surface area (Å²) >= 11 is 5.62. The van der Waals surface area contributed by atoms with Crippen LogP contribution in [0, 0.1) is 0 Å². The molecule has 1 aromatic heterocycles. The van der Waals surface area contributed by atoms with E-state index in [2.05, 4.69) is 26.5 Å². The Hall–Kier alpha value is -0.0800. The fourth-order valence-electron chi connectivity index (χ4n) is 2.74. The summed E-state index contributed by atoms with van der Waals surface area (Å²) < 4.78 is 8.12. The van der Waals surface area contributed by atoms with Gasteiger partial charge in [-0.2, -0.15) is 16.9 Å². The number of nitrogens with two attached hydrogens (primary N) is 1. The molecule has 1 atom stereocenters. The smallest absolute Gasteiger partial charge is 0.0730 e. The molecule has 1 aliphatic carbocycles. The van der Waals surface area contributed by atoms with E-state index in [4.69, 9.17) is 10.6 Å². The van der Waals surface area contributed by atoms with Crippen LogP contribution in [0.5, 0.6) is 0 Å². The second-order valence-electron chi connectivity index (χ2n) is 5.41. The number of hydrazine groups is 1. The third-order valence-electron chi connectivity index (χ3n) is 3.92. The molecule has 21 heavy (non-hydrogen) atoms. The monoisotopic (exact) mass is 376 g/mol. The molecule has 120 valence electrons. The number of methoxy groups -OCH3 is 1. The maximum absolute atomic E-state index is 5.79. The second-order valence-corrected chi connectivity index (χ2v) is 7.59. The molecule has 1 aliphatic rings. The molecule has 1 fully saturated rings. The van der Waals surface area contributed by atoms with E-state index in [1.54, 1.807) is 7.11 Å². The summed E-state index contributed by atoms with van der Waals surface area (Å²) in [4.78, 5) is 0. The molecule has 5 nitrogen and oxygen atoms in total. The lowest BCUT2D eigenvalue weighted by molar-refractivity contribution is 0.181. The van der Waals surface area contributed by atoms with Gasteiger partial charge in [-0.1, -0.05) is 19.3 Å². The maximum Gasteiger partial charge on any atom is 0.0730 e. The predicted molar refractivity (Wildman–Crippen MR) is 91.2 cm³/mol. The largest absolute Gasteiger partial charge is 0.383 e. The van der Waals surface area contributed by atoms with E-state index in [9.17, 15) is 0 Å². The van der Waals surface area contributed by atoms with Gasteiger partial charge in [0.15, 0.2) is 0 Å². The van der Waals surface area contributed by atoms with Gasteiger partial charge in [-0.25, -0.2) is 0 Å². The SMILES string of the molecule is COCCn1ncc(Br)c1C(CSC1CCCCC1)NN. The fourth-order valence-corrected chi connectivity index (χ4v) is 4.70. The van der Waals surface area contributed by atoms with Gasteiger partial charge < -0.3 is 4.74 Å². The summed E-state index contributed by atoms with van der Waals surface area (Å²) in [5.41, 5.74) is 4.06. The van der Waals surface area contributed by atoms with Crippen molar-refractivity contribution in [2.45, 2.75) is 49.9 Å². The number of hydrogen-bond acceptors (Lipinski definition) is 5. The molecule has 0 spiro atoms. The Kier molecular flexibility index (Phi) is 7.53. The normalized spacial score (nSPS) is 18.0. The lowest BCUT2D eigenvalue weighted by Gasteiger charge is -2.24. The molecule has 0 bridgehead atoms. The quantitative estimate of drug-likeness (QED) is 0.539. The predicted octanol–water partition coefficient (Wildman–Crippen LogP) is 2.86. The average molecular weight is 377 g/mol. The summed E-state index contributed by atoms with van der Waals surface area (Å²) in [5.74, 6) is 6.76. The third-order valence-corrected chi connectivity index (χ3v) is 6.00. The van der Waals surface area contributed by atoms with Crippen LogP contribution >= 0.6 is 27.7 Å². The Morgan fingerprint density at radius 2 is 2.29 bits per heavy atom. The zero-order valence-corrected chi connectivity index (χ0v) is 15.0. The van der Waals surface area contributed by atoms with Crippen LogP contribution in [0.25, 0.3) is 0 Å². The van der Waals surface area contributed by atoms with Gasteiger partial charge in [0.05, 0.1) is 35.6 Å². The zero-order chi connectivity index (χ0) is 15.1. The zero-order valence-electron chi connectivity index (χ0n) is 12.6. The number of rotatable bonds is 8. The molecule has 1 unspecified atom stereocenters. The van der Waals surface area contributed by atoms with Gasteiger partial charge in [0.1, 0.15) is 0 Å². The number of hydrogen-bond donors (Lipinski definition) is 2. The van der Waals surface area contributed by atoms with Gasteiger partial charge >= 0.3 is 0 Å². The van der Waals surface area contributed by atoms with Gasteiger partial charge in [-0.3, -0.25) is 16.0 Å².